The van der Waals surface area contributed by atoms with Crippen molar-refractivity contribution in [2.75, 3.05) is 22.9 Å². The summed E-state index contributed by atoms with van der Waals surface area (Å²) in [6.45, 7) is 1.95. The molecular formula is C27H23FN2O4. The van der Waals surface area contributed by atoms with Crippen LogP contribution in [-0.4, -0.2) is 35.0 Å². The third kappa shape index (κ3) is 3.79. The van der Waals surface area contributed by atoms with Crippen LogP contribution in [-0.2, 0) is 9.59 Å². The smallest absolute Gasteiger partial charge is 0.300 e. The highest BCUT2D eigenvalue weighted by molar-refractivity contribution is 6.51. The van der Waals surface area contributed by atoms with Gasteiger partial charge in [-0.1, -0.05) is 12.1 Å². The molecule has 172 valence electrons. The molecule has 5 rings (SSSR count). The van der Waals surface area contributed by atoms with Gasteiger partial charge in [0.15, 0.2) is 0 Å². The lowest BCUT2D eigenvalue weighted by Gasteiger charge is -2.26. The molecule has 2 aliphatic heterocycles. The van der Waals surface area contributed by atoms with E-state index in [-0.39, 0.29) is 16.9 Å². The van der Waals surface area contributed by atoms with Crippen molar-refractivity contribution in [1.29, 1.82) is 0 Å². The van der Waals surface area contributed by atoms with Crippen LogP contribution >= 0.6 is 0 Å². The van der Waals surface area contributed by atoms with Crippen molar-refractivity contribution in [3.63, 3.8) is 0 Å². The molecule has 2 N–H and O–H groups in total. The molecule has 0 saturated carbocycles. The number of nitrogens with zero attached hydrogens (tertiary/aromatic N) is 2. The molecule has 2 saturated heterocycles. The van der Waals surface area contributed by atoms with Crippen molar-refractivity contribution in [2.24, 2.45) is 0 Å². The van der Waals surface area contributed by atoms with Gasteiger partial charge in [-0.3, -0.25) is 14.5 Å². The minimum absolute atomic E-state index is 0.0331. The summed E-state index contributed by atoms with van der Waals surface area (Å²) >= 11 is 0. The van der Waals surface area contributed by atoms with Crippen LogP contribution in [0.1, 0.15) is 30.0 Å². The van der Waals surface area contributed by atoms with E-state index in [0.29, 0.717) is 11.3 Å². The molecule has 0 bridgehead atoms. The van der Waals surface area contributed by atoms with Gasteiger partial charge in [-0.25, -0.2) is 4.39 Å². The molecule has 6 nitrogen and oxygen atoms in total. The number of aliphatic hydroxyl groups excluding tert-OH is 1. The molecule has 2 heterocycles. The molecule has 1 atom stereocenters. The summed E-state index contributed by atoms with van der Waals surface area (Å²) in [6.07, 6.45) is 2.27. The van der Waals surface area contributed by atoms with Gasteiger partial charge in [0, 0.05) is 30.0 Å². The lowest BCUT2D eigenvalue weighted by atomic mass is 9.95. The van der Waals surface area contributed by atoms with E-state index in [9.17, 15) is 24.2 Å². The zero-order valence-corrected chi connectivity index (χ0v) is 18.3. The second kappa shape index (κ2) is 8.67. The molecule has 0 spiro atoms. The predicted molar refractivity (Wildman–Crippen MR) is 127 cm³/mol. The lowest BCUT2D eigenvalue weighted by molar-refractivity contribution is -0.132. The Labute approximate surface area is 196 Å². The van der Waals surface area contributed by atoms with E-state index in [2.05, 4.69) is 4.90 Å². The molecule has 3 aromatic rings. The number of aliphatic hydroxyl groups is 1. The van der Waals surface area contributed by atoms with Gasteiger partial charge in [0.1, 0.15) is 17.3 Å². The van der Waals surface area contributed by atoms with E-state index >= 15 is 0 Å². The lowest BCUT2D eigenvalue weighted by Crippen LogP contribution is -2.29. The van der Waals surface area contributed by atoms with Gasteiger partial charge in [-0.2, -0.15) is 0 Å². The van der Waals surface area contributed by atoms with E-state index in [0.717, 1.165) is 31.6 Å². The average molecular weight is 458 g/mol. The van der Waals surface area contributed by atoms with Gasteiger partial charge in [0.25, 0.3) is 11.7 Å². The van der Waals surface area contributed by atoms with E-state index < -0.39 is 29.3 Å². The predicted octanol–water partition coefficient (Wildman–Crippen LogP) is 4.76. The fourth-order valence-corrected chi connectivity index (χ4v) is 4.67. The van der Waals surface area contributed by atoms with Crippen molar-refractivity contribution in [1.82, 2.24) is 0 Å². The summed E-state index contributed by atoms with van der Waals surface area (Å²) < 4.78 is 13.4. The van der Waals surface area contributed by atoms with E-state index in [1.165, 1.54) is 41.3 Å². The van der Waals surface area contributed by atoms with Gasteiger partial charge in [-0.05, 0) is 79.1 Å². The van der Waals surface area contributed by atoms with Crippen LogP contribution < -0.4 is 9.80 Å². The monoisotopic (exact) mass is 458 g/mol. The van der Waals surface area contributed by atoms with Gasteiger partial charge in [-0.15, -0.1) is 0 Å². The first kappa shape index (κ1) is 21.7. The standard InChI is InChI=1S/C27H23FN2O4/c28-19-8-6-17(7-9-19)25(32)23-24(18-4-3-5-22(31)16-18)30(27(34)26(23)33)21-12-10-20(11-13-21)29-14-1-2-15-29/h3-13,16,24,31-32H,1-2,14-15H2/b25-23+. The van der Waals surface area contributed by atoms with Crippen LogP contribution in [0.5, 0.6) is 5.75 Å². The molecule has 34 heavy (non-hydrogen) atoms. The molecule has 3 aromatic carbocycles. The third-order valence-electron chi connectivity index (χ3n) is 6.35. The molecule has 7 heteroatoms. The number of aromatic hydroxyl groups is 1. The number of hydrogen-bond acceptors (Lipinski definition) is 5. The second-order valence-electron chi connectivity index (χ2n) is 8.48. The summed E-state index contributed by atoms with van der Waals surface area (Å²) in [4.78, 5) is 30.0. The number of phenolic OH excluding ortho intramolecular Hbond substituents is 1. The number of carbonyl (C=O) groups excluding carboxylic acids is 2. The number of hydrogen-bond donors (Lipinski definition) is 2. The van der Waals surface area contributed by atoms with E-state index in [4.69, 9.17) is 0 Å². The Morgan fingerprint density at radius 3 is 2.18 bits per heavy atom. The molecule has 2 fully saturated rings. The average Bonchev–Trinajstić information content (AvgIpc) is 3.47. The third-order valence-corrected chi connectivity index (χ3v) is 6.35. The van der Waals surface area contributed by atoms with Crippen LogP contribution in [0.2, 0.25) is 0 Å². The Kier molecular flexibility index (Phi) is 5.53. The number of amides is 1. The molecular weight excluding hydrogens is 435 g/mol. The molecule has 0 aliphatic carbocycles. The quantitative estimate of drug-likeness (QED) is 0.335. The van der Waals surface area contributed by atoms with Crippen LogP contribution in [0.15, 0.2) is 78.4 Å². The highest BCUT2D eigenvalue weighted by atomic mass is 19.1. The first-order valence-electron chi connectivity index (χ1n) is 11.1. The van der Waals surface area contributed by atoms with Crippen LogP contribution in [0, 0.1) is 5.82 Å². The minimum Gasteiger partial charge on any atom is -0.508 e. The maximum atomic E-state index is 13.4. The first-order chi connectivity index (χ1) is 16.4. The van der Waals surface area contributed by atoms with E-state index in [1.807, 2.05) is 12.1 Å². The summed E-state index contributed by atoms with van der Waals surface area (Å²) in [5.74, 6) is -2.55. The summed E-state index contributed by atoms with van der Waals surface area (Å²) in [7, 11) is 0. The zero-order valence-electron chi connectivity index (χ0n) is 18.3. The van der Waals surface area contributed by atoms with Crippen molar-refractivity contribution in [3.05, 3.63) is 95.3 Å². The molecule has 2 aliphatic rings. The van der Waals surface area contributed by atoms with Gasteiger partial charge >= 0.3 is 0 Å². The van der Waals surface area contributed by atoms with Crippen molar-refractivity contribution >= 4 is 28.8 Å². The molecule has 1 unspecified atom stereocenters. The number of ketones is 1. The Morgan fingerprint density at radius 1 is 0.882 bits per heavy atom. The van der Waals surface area contributed by atoms with Crippen LogP contribution in [0.3, 0.4) is 0 Å². The largest absolute Gasteiger partial charge is 0.508 e. The number of benzene rings is 3. The number of Topliss-reactive ketones (excluding diaryl/α,β-unsaturated/α-hetero) is 1. The van der Waals surface area contributed by atoms with Gasteiger partial charge in [0.05, 0.1) is 11.6 Å². The van der Waals surface area contributed by atoms with Crippen LogP contribution in [0.25, 0.3) is 5.76 Å². The Hall–Kier alpha value is -4.13. The van der Waals surface area contributed by atoms with Crippen molar-refractivity contribution in [2.45, 2.75) is 18.9 Å². The number of halogens is 1. The molecule has 0 aromatic heterocycles. The maximum Gasteiger partial charge on any atom is 0.300 e. The zero-order chi connectivity index (χ0) is 23.8. The SMILES string of the molecule is O=C1C(=O)N(c2ccc(N3CCCC3)cc2)C(c2cccc(O)c2)/C1=C(\O)c1ccc(F)cc1. The van der Waals surface area contributed by atoms with Crippen molar-refractivity contribution < 1.29 is 24.2 Å². The first-order valence-corrected chi connectivity index (χ1v) is 11.1. The molecule has 0 radical (unpaired) electrons. The Morgan fingerprint density at radius 2 is 1.53 bits per heavy atom. The minimum atomic E-state index is -0.963. The van der Waals surface area contributed by atoms with Gasteiger partial charge in [0.2, 0.25) is 0 Å². The summed E-state index contributed by atoms with van der Waals surface area (Å²) in [5, 5.41) is 21.1. The number of anilines is 2. The van der Waals surface area contributed by atoms with Gasteiger partial charge < -0.3 is 15.1 Å². The fourth-order valence-electron chi connectivity index (χ4n) is 4.67. The highest BCUT2D eigenvalue weighted by Gasteiger charge is 2.47. The maximum absolute atomic E-state index is 13.4. The normalized spacial score (nSPS) is 19.7. The van der Waals surface area contributed by atoms with E-state index in [1.54, 1.807) is 24.3 Å². The number of phenols is 1. The van der Waals surface area contributed by atoms with Crippen molar-refractivity contribution in [3.8, 4) is 5.75 Å². The fraction of sp³-hybridized carbons (Fsp3) is 0.185. The van der Waals surface area contributed by atoms with Crippen LogP contribution in [0.4, 0.5) is 15.8 Å². The number of rotatable bonds is 4. The number of carbonyl (C=O) groups is 2. The Bertz CT molecular complexity index is 1280. The summed E-state index contributed by atoms with van der Waals surface area (Å²) in [5.41, 5.74) is 2.10. The Balaban J connectivity index is 1.63. The molecule has 1 amide bonds. The highest BCUT2D eigenvalue weighted by Crippen LogP contribution is 2.43. The summed E-state index contributed by atoms with van der Waals surface area (Å²) in [6, 6.07) is 17.7. The topological polar surface area (TPSA) is 81.1 Å². The second-order valence-corrected chi connectivity index (χ2v) is 8.48.